The molecule has 9 heteroatoms. The summed E-state index contributed by atoms with van der Waals surface area (Å²) in [6.07, 6.45) is 1.38. The molecule has 5 rings (SSSR count). The maximum absolute atomic E-state index is 14.0. The molecule has 0 aromatic heterocycles. The van der Waals surface area contributed by atoms with Crippen molar-refractivity contribution >= 4 is 28.6 Å². The van der Waals surface area contributed by atoms with Crippen LogP contribution in [0.3, 0.4) is 0 Å². The number of amides is 4. The zero-order chi connectivity index (χ0) is 26.8. The molecule has 2 heterocycles. The number of hydrazine groups is 1. The summed E-state index contributed by atoms with van der Waals surface area (Å²) in [5.41, 5.74) is 1.84. The standard InChI is InChI=1S/C29H31N5O4/c1-3-15-32(29(38)30-2)33-19-27(36)34-25(16-20-11-13-23(35)14-12-20)28(37)31(18-26(33)34)17-22-9-6-8-21-7-4-5-10-24(21)22/h3-14,25-26,35H,1,15-19H2,2H3,(H,30,38)/t25-,26+/m0/s1. The number of carbonyl (C=O) groups excluding carboxylic acids is 3. The molecule has 0 unspecified atom stereocenters. The minimum atomic E-state index is -0.749. The maximum Gasteiger partial charge on any atom is 0.332 e. The van der Waals surface area contributed by atoms with Crippen molar-refractivity contribution in [2.75, 3.05) is 26.7 Å². The third-order valence-corrected chi connectivity index (χ3v) is 7.23. The van der Waals surface area contributed by atoms with Gasteiger partial charge in [0, 0.05) is 20.0 Å². The Labute approximate surface area is 221 Å². The fourth-order valence-electron chi connectivity index (χ4n) is 5.44. The van der Waals surface area contributed by atoms with Gasteiger partial charge in [0.05, 0.1) is 19.6 Å². The van der Waals surface area contributed by atoms with Gasteiger partial charge in [-0.1, -0.05) is 60.7 Å². The lowest BCUT2D eigenvalue weighted by Gasteiger charge is -2.46. The van der Waals surface area contributed by atoms with E-state index in [1.54, 1.807) is 52.2 Å². The second kappa shape index (κ2) is 10.5. The molecule has 2 aliphatic heterocycles. The van der Waals surface area contributed by atoms with Crippen LogP contribution in [-0.2, 0) is 22.6 Å². The number of piperazine rings is 1. The number of fused-ring (bicyclic) bond motifs is 2. The van der Waals surface area contributed by atoms with Gasteiger partial charge >= 0.3 is 6.03 Å². The van der Waals surface area contributed by atoms with Crippen molar-refractivity contribution in [1.29, 1.82) is 0 Å². The van der Waals surface area contributed by atoms with E-state index < -0.39 is 12.2 Å². The summed E-state index contributed by atoms with van der Waals surface area (Å²) in [6.45, 7) is 4.60. The summed E-state index contributed by atoms with van der Waals surface area (Å²) in [7, 11) is 1.54. The normalized spacial score (nSPS) is 19.5. The summed E-state index contributed by atoms with van der Waals surface area (Å²) in [4.78, 5) is 43.5. The Balaban J connectivity index is 1.52. The maximum atomic E-state index is 14.0. The number of benzene rings is 3. The van der Waals surface area contributed by atoms with Crippen molar-refractivity contribution in [3.05, 3.63) is 90.5 Å². The molecule has 2 fully saturated rings. The lowest BCUT2D eigenvalue weighted by molar-refractivity contribution is -0.157. The third-order valence-electron chi connectivity index (χ3n) is 7.23. The first-order valence-corrected chi connectivity index (χ1v) is 12.6. The lowest BCUT2D eigenvalue weighted by Crippen LogP contribution is -2.65. The third kappa shape index (κ3) is 4.68. The van der Waals surface area contributed by atoms with Crippen LogP contribution >= 0.6 is 0 Å². The number of nitrogens with one attached hydrogen (secondary N) is 1. The molecule has 4 amide bonds. The van der Waals surface area contributed by atoms with Gasteiger partial charge in [0.1, 0.15) is 18.0 Å². The van der Waals surface area contributed by atoms with Gasteiger partial charge in [0.25, 0.3) is 0 Å². The van der Waals surface area contributed by atoms with Crippen LogP contribution in [-0.4, -0.2) is 81.7 Å². The van der Waals surface area contributed by atoms with Crippen LogP contribution in [0.2, 0.25) is 0 Å². The number of phenols is 1. The number of hydrogen-bond acceptors (Lipinski definition) is 5. The minimum absolute atomic E-state index is 0.0204. The monoisotopic (exact) mass is 513 g/mol. The van der Waals surface area contributed by atoms with Crippen LogP contribution in [0.25, 0.3) is 10.8 Å². The van der Waals surface area contributed by atoms with Crippen molar-refractivity contribution in [2.45, 2.75) is 25.2 Å². The number of carbonyl (C=O) groups is 3. The number of phenolic OH excluding ortho intramolecular Hbond substituents is 1. The molecule has 2 N–H and O–H groups in total. The van der Waals surface area contributed by atoms with Crippen molar-refractivity contribution in [2.24, 2.45) is 0 Å². The molecule has 9 nitrogen and oxygen atoms in total. The minimum Gasteiger partial charge on any atom is -0.508 e. The van der Waals surface area contributed by atoms with Gasteiger partial charge < -0.3 is 20.2 Å². The highest BCUT2D eigenvalue weighted by Crippen LogP contribution is 2.31. The van der Waals surface area contributed by atoms with E-state index in [-0.39, 0.29) is 43.2 Å². The Kier molecular flexibility index (Phi) is 7.02. The molecular formula is C29H31N5O4. The van der Waals surface area contributed by atoms with Gasteiger partial charge in [-0.05, 0) is 34.0 Å². The molecule has 38 heavy (non-hydrogen) atoms. The first-order chi connectivity index (χ1) is 18.4. The summed E-state index contributed by atoms with van der Waals surface area (Å²) >= 11 is 0. The van der Waals surface area contributed by atoms with Crippen molar-refractivity contribution in [3.8, 4) is 5.75 Å². The number of rotatable bonds is 7. The predicted molar refractivity (Wildman–Crippen MR) is 144 cm³/mol. The largest absolute Gasteiger partial charge is 0.508 e. The van der Waals surface area contributed by atoms with Gasteiger partial charge in [-0.25, -0.2) is 4.79 Å². The molecular weight excluding hydrogens is 482 g/mol. The fraction of sp³-hybridized carbons (Fsp3) is 0.276. The Bertz CT molecular complexity index is 1370. The van der Waals surface area contributed by atoms with E-state index in [9.17, 15) is 19.5 Å². The number of hydrogen-bond donors (Lipinski definition) is 2. The van der Waals surface area contributed by atoms with Crippen LogP contribution in [0.4, 0.5) is 4.79 Å². The summed E-state index contributed by atoms with van der Waals surface area (Å²) in [5, 5.41) is 17.7. The smallest absolute Gasteiger partial charge is 0.332 e. The summed E-state index contributed by atoms with van der Waals surface area (Å²) in [5.74, 6) is -0.226. The van der Waals surface area contributed by atoms with Crippen LogP contribution in [0.1, 0.15) is 11.1 Å². The lowest BCUT2D eigenvalue weighted by atomic mass is 9.99. The molecule has 0 saturated carbocycles. The van der Waals surface area contributed by atoms with E-state index in [1.165, 1.54) is 5.01 Å². The van der Waals surface area contributed by atoms with Crippen molar-refractivity contribution in [3.63, 3.8) is 0 Å². The van der Waals surface area contributed by atoms with E-state index in [0.29, 0.717) is 13.0 Å². The number of nitrogens with zero attached hydrogens (tertiary/aromatic N) is 4. The predicted octanol–water partition coefficient (Wildman–Crippen LogP) is 2.71. The van der Waals surface area contributed by atoms with Gasteiger partial charge in [0.15, 0.2) is 0 Å². The SMILES string of the molecule is C=CCN(C(=O)NC)N1CC(=O)N2[C@@H](Cc3ccc(O)cc3)C(=O)N(Cc3cccc4ccccc34)C[C@@H]21. The number of aromatic hydroxyl groups is 1. The van der Waals surface area contributed by atoms with Gasteiger partial charge in [-0.3, -0.25) is 14.6 Å². The zero-order valence-electron chi connectivity index (χ0n) is 21.3. The van der Waals surface area contributed by atoms with E-state index in [1.807, 2.05) is 42.5 Å². The number of urea groups is 1. The highest BCUT2D eigenvalue weighted by atomic mass is 16.3. The zero-order valence-corrected chi connectivity index (χ0v) is 21.3. The molecule has 2 saturated heterocycles. The van der Waals surface area contributed by atoms with Crippen LogP contribution in [0.15, 0.2) is 79.4 Å². The molecule has 2 atom stereocenters. The molecule has 0 aliphatic carbocycles. The second-order valence-corrected chi connectivity index (χ2v) is 9.55. The Morgan fingerprint density at radius 3 is 2.58 bits per heavy atom. The van der Waals surface area contributed by atoms with Crippen LogP contribution in [0.5, 0.6) is 5.75 Å². The molecule has 3 aromatic rings. The highest BCUT2D eigenvalue weighted by Gasteiger charge is 2.52. The molecule has 3 aromatic carbocycles. The molecule has 0 spiro atoms. The van der Waals surface area contributed by atoms with Gasteiger partial charge in [0.2, 0.25) is 11.8 Å². The van der Waals surface area contributed by atoms with E-state index in [2.05, 4.69) is 11.9 Å². The summed E-state index contributed by atoms with van der Waals surface area (Å²) in [6, 6.07) is 19.6. The molecule has 2 aliphatic rings. The van der Waals surface area contributed by atoms with E-state index in [0.717, 1.165) is 21.9 Å². The van der Waals surface area contributed by atoms with E-state index >= 15 is 0 Å². The first-order valence-electron chi connectivity index (χ1n) is 12.6. The highest BCUT2D eigenvalue weighted by molar-refractivity contribution is 5.92. The van der Waals surface area contributed by atoms with Crippen molar-refractivity contribution < 1.29 is 19.5 Å². The topological polar surface area (TPSA) is 96.4 Å². The molecule has 0 radical (unpaired) electrons. The Hall–Kier alpha value is -4.37. The van der Waals surface area contributed by atoms with Gasteiger partial charge in [-0.15, -0.1) is 6.58 Å². The molecule has 196 valence electrons. The van der Waals surface area contributed by atoms with E-state index in [4.69, 9.17) is 0 Å². The Morgan fingerprint density at radius 2 is 1.84 bits per heavy atom. The average molecular weight is 514 g/mol. The second-order valence-electron chi connectivity index (χ2n) is 9.55. The fourth-order valence-corrected chi connectivity index (χ4v) is 5.44. The quantitative estimate of drug-likeness (QED) is 0.474. The Morgan fingerprint density at radius 1 is 1.11 bits per heavy atom. The summed E-state index contributed by atoms with van der Waals surface area (Å²) < 4.78 is 0. The first kappa shape index (κ1) is 25.3. The van der Waals surface area contributed by atoms with Gasteiger partial charge in [-0.2, -0.15) is 5.01 Å². The average Bonchev–Trinajstić information content (AvgIpc) is 3.25. The van der Waals surface area contributed by atoms with Crippen LogP contribution < -0.4 is 5.32 Å². The van der Waals surface area contributed by atoms with Crippen molar-refractivity contribution in [1.82, 2.24) is 25.1 Å². The molecule has 0 bridgehead atoms. The van der Waals surface area contributed by atoms with Crippen LogP contribution in [0, 0.1) is 0 Å².